The maximum Gasteiger partial charge on any atom is 0.335 e. The van der Waals surface area contributed by atoms with E-state index in [9.17, 15) is 4.79 Å². The molecule has 0 amide bonds. The van der Waals surface area contributed by atoms with Gasteiger partial charge in [-0.2, -0.15) is 0 Å². The third-order valence-corrected chi connectivity index (χ3v) is 4.48. The normalized spacial score (nSPS) is 24.1. The topological polar surface area (TPSA) is 55.8 Å². The predicted molar refractivity (Wildman–Crippen MR) is 74.6 cm³/mol. The Morgan fingerprint density at radius 3 is 2.85 bits per heavy atom. The molecule has 1 saturated carbocycles. The molecular formula is C15H17ClO4. The number of halogens is 1. The Morgan fingerprint density at radius 1 is 1.45 bits per heavy atom. The van der Waals surface area contributed by atoms with Crippen LogP contribution < -0.4 is 4.74 Å². The van der Waals surface area contributed by atoms with Crippen LogP contribution in [0.4, 0.5) is 0 Å². The molecule has 2 fully saturated rings. The first-order valence-electron chi connectivity index (χ1n) is 6.91. The molecule has 1 aromatic carbocycles. The van der Waals surface area contributed by atoms with Crippen LogP contribution in [0.3, 0.4) is 0 Å². The van der Waals surface area contributed by atoms with E-state index in [0.29, 0.717) is 10.8 Å². The molecule has 3 rings (SSSR count). The molecule has 108 valence electrons. The van der Waals surface area contributed by atoms with Gasteiger partial charge in [0.25, 0.3) is 0 Å². The quantitative estimate of drug-likeness (QED) is 0.927. The fourth-order valence-electron chi connectivity index (χ4n) is 2.91. The number of benzene rings is 1. The number of carboxylic acid groups (broad SMARTS) is 1. The van der Waals surface area contributed by atoms with Crippen LogP contribution in [-0.4, -0.2) is 29.4 Å². The monoisotopic (exact) mass is 296 g/mol. The number of hydrogen-bond donors (Lipinski definition) is 1. The van der Waals surface area contributed by atoms with Crippen molar-refractivity contribution in [3.05, 3.63) is 28.8 Å². The molecule has 5 heteroatoms. The van der Waals surface area contributed by atoms with Gasteiger partial charge in [0.1, 0.15) is 11.9 Å². The average Bonchev–Trinajstić information content (AvgIpc) is 2.39. The molecule has 1 aromatic rings. The summed E-state index contributed by atoms with van der Waals surface area (Å²) in [5.41, 5.74) is 0.195. The first-order valence-corrected chi connectivity index (χ1v) is 7.29. The maximum atomic E-state index is 10.9. The van der Waals surface area contributed by atoms with Crippen LogP contribution in [0.5, 0.6) is 5.75 Å². The summed E-state index contributed by atoms with van der Waals surface area (Å²) in [4.78, 5) is 10.9. The summed E-state index contributed by atoms with van der Waals surface area (Å²) in [5, 5.41) is 9.26. The van der Waals surface area contributed by atoms with Crippen molar-refractivity contribution in [2.24, 2.45) is 0 Å². The molecule has 1 aliphatic heterocycles. The van der Waals surface area contributed by atoms with Gasteiger partial charge in [0.05, 0.1) is 22.8 Å². The molecule has 1 N–H and O–H groups in total. The highest BCUT2D eigenvalue weighted by Crippen LogP contribution is 2.43. The smallest absolute Gasteiger partial charge is 0.335 e. The third-order valence-electron chi connectivity index (χ3n) is 4.19. The van der Waals surface area contributed by atoms with Gasteiger partial charge in [-0.1, -0.05) is 11.6 Å². The van der Waals surface area contributed by atoms with Gasteiger partial charge < -0.3 is 14.6 Å². The highest BCUT2D eigenvalue weighted by Gasteiger charge is 2.43. The van der Waals surface area contributed by atoms with E-state index in [4.69, 9.17) is 26.2 Å². The summed E-state index contributed by atoms with van der Waals surface area (Å²) in [6.07, 6.45) is 5.28. The zero-order valence-electron chi connectivity index (χ0n) is 11.1. The van der Waals surface area contributed by atoms with Crippen LogP contribution in [-0.2, 0) is 4.74 Å². The van der Waals surface area contributed by atoms with Crippen LogP contribution >= 0.6 is 11.6 Å². The Balaban J connectivity index is 1.69. The molecule has 0 bridgehead atoms. The summed E-state index contributed by atoms with van der Waals surface area (Å²) < 4.78 is 11.8. The number of ether oxygens (including phenoxy) is 2. The van der Waals surface area contributed by atoms with Gasteiger partial charge in [-0.25, -0.2) is 4.79 Å². The van der Waals surface area contributed by atoms with Crippen molar-refractivity contribution in [3.63, 3.8) is 0 Å². The minimum atomic E-state index is -0.988. The fourth-order valence-corrected chi connectivity index (χ4v) is 3.14. The van der Waals surface area contributed by atoms with Crippen LogP contribution in [0, 0.1) is 0 Å². The van der Waals surface area contributed by atoms with Crippen LogP contribution in [0.25, 0.3) is 0 Å². The number of rotatable bonds is 3. The molecule has 1 unspecified atom stereocenters. The predicted octanol–water partition coefficient (Wildman–Crippen LogP) is 3.52. The first kappa shape index (κ1) is 13.7. The highest BCUT2D eigenvalue weighted by atomic mass is 35.5. The molecule has 0 aromatic heterocycles. The summed E-state index contributed by atoms with van der Waals surface area (Å²) >= 11 is 6.09. The van der Waals surface area contributed by atoms with Gasteiger partial charge in [-0.15, -0.1) is 0 Å². The first-order chi connectivity index (χ1) is 9.58. The minimum absolute atomic E-state index is 0.0242. The molecule has 20 heavy (non-hydrogen) atoms. The van der Waals surface area contributed by atoms with Crippen molar-refractivity contribution in [1.82, 2.24) is 0 Å². The van der Waals surface area contributed by atoms with Gasteiger partial charge >= 0.3 is 5.97 Å². The van der Waals surface area contributed by atoms with Crippen LogP contribution in [0.1, 0.15) is 42.5 Å². The number of carboxylic acids is 1. The standard InChI is InChI=1S/C15H17ClO4/c16-12-8-10(14(17)18)2-3-13(12)20-11-4-7-19-15(9-11)5-1-6-15/h2-3,8,11H,1,4-7,9H2,(H,17,18). The van der Waals surface area contributed by atoms with Gasteiger partial charge in [0.15, 0.2) is 0 Å². The second-order valence-electron chi connectivity index (χ2n) is 5.57. The largest absolute Gasteiger partial charge is 0.489 e. The van der Waals surface area contributed by atoms with E-state index < -0.39 is 5.97 Å². The Hall–Kier alpha value is -1.26. The number of hydrogen-bond acceptors (Lipinski definition) is 3. The van der Waals surface area contributed by atoms with E-state index in [-0.39, 0.29) is 17.3 Å². The molecule has 1 aliphatic carbocycles. The van der Waals surface area contributed by atoms with E-state index >= 15 is 0 Å². The molecule has 0 radical (unpaired) electrons. The van der Waals surface area contributed by atoms with Crippen molar-refractivity contribution >= 4 is 17.6 Å². The summed E-state index contributed by atoms with van der Waals surface area (Å²) in [6, 6.07) is 4.58. The van der Waals surface area contributed by atoms with Crippen LogP contribution in [0.2, 0.25) is 5.02 Å². The van der Waals surface area contributed by atoms with Gasteiger partial charge in [0, 0.05) is 12.8 Å². The van der Waals surface area contributed by atoms with E-state index in [1.165, 1.54) is 18.6 Å². The Labute approximate surface area is 122 Å². The molecular weight excluding hydrogens is 280 g/mol. The Kier molecular flexibility index (Phi) is 3.61. The molecule has 4 nitrogen and oxygen atoms in total. The minimum Gasteiger partial charge on any atom is -0.489 e. The molecule has 1 spiro atoms. The molecule has 1 heterocycles. The van der Waals surface area contributed by atoms with E-state index in [2.05, 4.69) is 0 Å². The van der Waals surface area contributed by atoms with Crippen molar-refractivity contribution in [2.75, 3.05) is 6.61 Å². The lowest BCUT2D eigenvalue weighted by Crippen LogP contribution is -2.48. The number of aromatic carboxylic acids is 1. The van der Waals surface area contributed by atoms with E-state index in [1.807, 2.05) is 0 Å². The Morgan fingerprint density at radius 2 is 2.25 bits per heavy atom. The van der Waals surface area contributed by atoms with Crippen molar-refractivity contribution in [2.45, 2.75) is 43.8 Å². The van der Waals surface area contributed by atoms with Crippen molar-refractivity contribution in [3.8, 4) is 5.75 Å². The van der Waals surface area contributed by atoms with Crippen molar-refractivity contribution in [1.29, 1.82) is 0 Å². The fraction of sp³-hybridized carbons (Fsp3) is 0.533. The average molecular weight is 297 g/mol. The van der Waals surface area contributed by atoms with Crippen LogP contribution in [0.15, 0.2) is 18.2 Å². The van der Waals surface area contributed by atoms with Gasteiger partial charge in [-0.05, 0) is 37.5 Å². The van der Waals surface area contributed by atoms with E-state index in [1.54, 1.807) is 6.07 Å². The van der Waals surface area contributed by atoms with Gasteiger partial charge in [0.2, 0.25) is 0 Å². The summed E-state index contributed by atoms with van der Waals surface area (Å²) in [5.74, 6) is -0.434. The summed E-state index contributed by atoms with van der Waals surface area (Å²) in [6.45, 7) is 0.718. The SMILES string of the molecule is O=C(O)c1ccc(OC2CCOC3(CCC3)C2)c(Cl)c1. The molecule has 2 aliphatic rings. The lowest BCUT2D eigenvalue weighted by molar-refractivity contribution is -0.153. The van der Waals surface area contributed by atoms with E-state index in [0.717, 1.165) is 32.3 Å². The second-order valence-corrected chi connectivity index (χ2v) is 5.98. The third kappa shape index (κ3) is 2.63. The second kappa shape index (κ2) is 5.26. The van der Waals surface area contributed by atoms with Crippen molar-refractivity contribution < 1.29 is 19.4 Å². The zero-order chi connectivity index (χ0) is 14.2. The lowest BCUT2D eigenvalue weighted by atomic mass is 9.74. The Bertz CT molecular complexity index is 525. The zero-order valence-corrected chi connectivity index (χ0v) is 11.9. The highest BCUT2D eigenvalue weighted by molar-refractivity contribution is 6.32. The molecule has 1 atom stereocenters. The van der Waals surface area contributed by atoms with Gasteiger partial charge in [-0.3, -0.25) is 0 Å². The number of carbonyl (C=O) groups is 1. The lowest BCUT2D eigenvalue weighted by Gasteiger charge is -2.46. The summed E-state index contributed by atoms with van der Waals surface area (Å²) in [7, 11) is 0. The molecule has 1 saturated heterocycles. The maximum absolute atomic E-state index is 10.9.